The predicted octanol–water partition coefficient (Wildman–Crippen LogP) is 6.18. The Hall–Kier alpha value is -1.72. The van der Waals surface area contributed by atoms with Gasteiger partial charge in [0, 0.05) is 14.9 Å². The Labute approximate surface area is 168 Å². The Morgan fingerprint density at radius 2 is 1.85 bits per heavy atom. The van der Waals surface area contributed by atoms with Gasteiger partial charge >= 0.3 is 0 Å². The van der Waals surface area contributed by atoms with Gasteiger partial charge in [-0.25, -0.2) is 0 Å². The number of rotatable bonds is 7. The lowest BCUT2D eigenvalue weighted by molar-refractivity contribution is 0.0965. The highest BCUT2D eigenvalue weighted by molar-refractivity contribution is 9.10. The molecule has 0 bridgehead atoms. The van der Waals surface area contributed by atoms with Crippen molar-refractivity contribution >= 4 is 39.5 Å². The summed E-state index contributed by atoms with van der Waals surface area (Å²) in [5.41, 5.74) is 3.33. The van der Waals surface area contributed by atoms with Crippen LogP contribution < -0.4 is 10.0 Å². The van der Waals surface area contributed by atoms with Gasteiger partial charge in [0.15, 0.2) is 0 Å². The van der Waals surface area contributed by atoms with E-state index in [0.717, 1.165) is 16.6 Å². The first-order valence-corrected chi connectivity index (χ1v) is 10.1. The summed E-state index contributed by atoms with van der Waals surface area (Å²) < 4.78 is 4.20. The fourth-order valence-electron chi connectivity index (χ4n) is 2.23. The number of carbonyl (C=O) groups excluding carboxylic acids is 1. The molecule has 138 valence electrons. The van der Waals surface area contributed by atoms with Gasteiger partial charge in [-0.05, 0) is 69.3 Å². The van der Waals surface area contributed by atoms with E-state index in [4.69, 9.17) is 0 Å². The summed E-state index contributed by atoms with van der Waals surface area (Å²) in [6.07, 6.45) is 1.56. The fraction of sp³-hybridized carbons (Fsp3) is 0.286. The first-order chi connectivity index (χ1) is 12.2. The van der Waals surface area contributed by atoms with E-state index in [1.807, 2.05) is 36.4 Å². The zero-order chi connectivity index (χ0) is 19.2. The van der Waals surface area contributed by atoms with Gasteiger partial charge in [0.25, 0.3) is 5.91 Å². The van der Waals surface area contributed by atoms with E-state index >= 15 is 0 Å². The molecule has 0 saturated carbocycles. The van der Waals surface area contributed by atoms with Crippen molar-refractivity contribution in [2.24, 2.45) is 0 Å². The Kier molecular flexibility index (Phi) is 7.35. The maximum atomic E-state index is 12.7. The molecule has 26 heavy (non-hydrogen) atoms. The van der Waals surface area contributed by atoms with Crippen molar-refractivity contribution in [1.29, 1.82) is 0 Å². The van der Waals surface area contributed by atoms with Crippen LogP contribution >= 0.6 is 27.9 Å². The molecule has 2 rings (SSSR count). The number of allylic oxidation sites excluding steroid dienone is 1. The number of benzene rings is 2. The van der Waals surface area contributed by atoms with Crippen LogP contribution in [0.5, 0.6) is 0 Å². The molecular weight excluding hydrogens is 408 g/mol. The van der Waals surface area contributed by atoms with Gasteiger partial charge in [-0.15, -0.1) is 0 Å². The first-order valence-electron chi connectivity index (χ1n) is 8.51. The summed E-state index contributed by atoms with van der Waals surface area (Å²) >= 11 is 5.03. The van der Waals surface area contributed by atoms with E-state index in [9.17, 15) is 4.79 Å². The third-order valence-corrected chi connectivity index (χ3v) is 4.97. The molecule has 0 unspecified atom stereocenters. The number of carbonyl (C=O) groups is 1. The minimum Gasteiger partial charge on any atom is -0.329 e. The van der Waals surface area contributed by atoms with Crippen molar-refractivity contribution in [3.8, 4) is 0 Å². The number of halogens is 1. The van der Waals surface area contributed by atoms with Crippen LogP contribution in [0.25, 0.3) is 0 Å². The minimum atomic E-state index is -0.152. The van der Waals surface area contributed by atoms with Crippen LogP contribution in [0.15, 0.2) is 65.3 Å². The molecule has 0 heterocycles. The molecule has 0 aliphatic carbocycles. The van der Waals surface area contributed by atoms with E-state index in [1.54, 1.807) is 11.9 Å². The second kappa shape index (κ2) is 9.28. The highest BCUT2D eigenvalue weighted by Crippen LogP contribution is 2.29. The normalized spacial score (nSPS) is 11.1. The van der Waals surface area contributed by atoms with E-state index in [2.05, 4.69) is 65.5 Å². The monoisotopic (exact) mass is 432 g/mol. The zero-order valence-corrected chi connectivity index (χ0v) is 17.8. The van der Waals surface area contributed by atoms with Crippen LogP contribution in [0.3, 0.4) is 0 Å². The van der Waals surface area contributed by atoms with Gasteiger partial charge in [0.05, 0.1) is 11.3 Å². The Morgan fingerprint density at radius 3 is 2.50 bits per heavy atom. The first kappa shape index (κ1) is 20.6. The molecule has 0 atom stereocenters. The molecule has 0 spiro atoms. The van der Waals surface area contributed by atoms with E-state index in [0.29, 0.717) is 17.7 Å². The number of hydrogen-bond acceptors (Lipinski definition) is 3. The number of amides is 1. The number of hydrogen-bond donors (Lipinski definition) is 2. The van der Waals surface area contributed by atoms with Crippen LogP contribution in [0.4, 0.5) is 5.69 Å². The molecule has 3 nitrogen and oxygen atoms in total. The van der Waals surface area contributed by atoms with Crippen molar-refractivity contribution in [3.05, 3.63) is 76.4 Å². The Morgan fingerprint density at radius 1 is 1.15 bits per heavy atom. The topological polar surface area (TPSA) is 41.1 Å². The fourth-order valence-corrected chi connectivity index (χ4v) is 3.19. The molecular formula is C21H25BrN2OS. The van der Waals surface area contributed by atoms with Crippen LogP contribution in [0.2, 0.25) is 0 Å². The van der Waals surface area contributed by atoms with Gasteiger partial charge in [-0.3, -0.25) is 4.79 Å². The van der Waals surface area contributed by atoms with Gasteiger partial charge in [0.1, 0.15) is 0 Å². The summed E-state index contributed by atoms with van der Waals surface area (Å²) in [5, 5.41) is 2.93. The second-order valence-corrected chi connectivity index (χ2v) is 9.60. The van der Waals surface area contributed by atoms with Gasteiger partial charge in [-0.1, -0.05) is 52.8 Å². The predicted molar refractivity (Wildman–Crippen MR) is 116 cm³/mol. The summed E-state index contributed by atoms with van der Waals surface area (Å²) in [6.45, 7) is 10.4. The SMILES string of the molecule is C=C(CCc1ccccc1)NC(=O)c1cc(Br)ccc1NSC(C)(C)C. The van der Waals surface area contributed by atoms with E-state index in [-0.39, 0.29) is 10.7 Å². The summed E-state index contributed by atoms with van der Waals surface area (Å²) in [6, 6.07) is 15.8. The molecule has 2 aromatic carbocycles. The molecule has 0 aliphatic heterocycles. The lowest BCUT2D eigenvalue weighted by Crippen LogP contribution is -2.23. The van der Waals surface area contributed by atoms with Crippen molar-refractivity contribution < 1.29 is 4.79 Å². The van der Waals surface area contributed by atoms with Crippen molar-refractivity contribution in [2.75, 3.05) is 4.72 Å². The molecule has 5 heteroatoms. The van der Waals surface area contributed by atoms with Gasteiger partial charge < -0.3 is 10.0 Å². The van der Waals surface area contributed by atoms with Crippen LogP contribution in [-0.2, 0) is 6.42 Å². The van der Waals surface area contributed by atoms with Crippen molar-refractivity contribution in [2.45, 2.75) is 38.4 Å². The number of anilines is 1. The van der Waals surface area contributed by atoms with E-state index in [1.165, 1.54) is 5.56 Å². The summed E-state index contributed by atoms with van der Waals surface area (Å²) in [4.78, 5) is 12.7. The van der Waals surface area contributed by atoms with Gasteiger partial charge in [0.2, 0.25) is 0 Å². The van der Waals surface area contributed by atoms with Gasteiger partial charge in [-0.2, -0.15) is 0 Å². The molecule has 0 saturated heterocycles. The molecule has 2 aromatic rings. The van der Waals surface area contributed by atoms with E-state index < -0.39 is 0 Å². The average molecular weight is 433 g/mol. The summed E-state index contributed by atoms with van der Waals surface area (Å²) in [7, 11) is 0. The Bertz CT molecular complexity index is 769. The highest BCUT2D eigenvalue weighted by Gasteiger charge is 2.16. The zero-order valence-electron chi connectivity index (χ0n) is 15.4. The lowest BCUT2D eigenvalue weighted by atomic mass is 10.1. The molecule has 2 N–H and O–H groups in total. The molecule has 1 amide bonds. The van der Waals surface area contributed by atoms with Crippen molar-refractivity contribution in [1.82, 2.24) is 5.32 Å². The highest BCUT2D eigenvalue weighted by atomic mass is 79.9. The maximum Gasteiger partial charge on any atom is 0.257 e. The standard InChI is InChI=1S/C21H25BrN2OS/c1-15(10-11-16-8-6-5-7-9-16)23-20(25)18-14-17(22)12-13-19(18)24-26-21(2,3)4/h5-9,12-14,24H,1,10-11H2,2-4H3,(H,23,25). The average Bonchev–Trinajstić information content (AvgIpc) is 2.59. The maximum absolute atomic E-state index is 12.7. The summed E-state index contributed by atoms with van der Waals surface area (Å²) in [5.74, 6) is -0.152. The molecule has 0 fully saturated rings. The van der Waals surface area contributed by atoms with Crippen molar-refractivity contribution in [3.63, 3.8) is 0 Å². The molecule has 0 aliphatic rings. The Balaban J connectivity index is 2.01. The van der Waals surface area contributed by atoms with Crippen LogP contribution in [0, 0.1) is 0 Å². The quantitative estimate of drug-likeness (QED) is 0.512. The molecule has 0 aromatic heterocycles. The van der Waals surface area contributed by atoms with Crippen LogP contribution in [-0.4, -0.2) is 10.7 Å². The largest absolute Gasteiger partial charge is 0.329 e. The second-order valence-electron chi connectivity index (χ2n) is 7.05. The smallest absolute Gasteiger partial charge is 0.257 e. The lowest BCUT2D eigenvalue weighted by Gasteiger charge is -2.20. The third kappa shape index (κ3) is 6.89. The van der Waals surface area contributed by atoms with Crippen LogP contribution in [0.1, 0.15) is 43.1 Å². The third-order valence-electron chi connectivity index (χ3n) is 3.54. The number of aryl methyl sites for hydroxylation is 1. The minimum absolute atomic E-state index is 0.0418. The number of nitrogens with one attached hydrogen (secondary N) is 2. The molecule has 0 radical (unpaired) electrons.